The van der Waals surface area contributed by atoms with Gasteiger partial charge in [-0.05, 0) is 57.1 Å². The number of carbonyl (C=O) groups excluding carboxylic acids is 1. The lowest BCUT2D eigenvalue weighted by Gasteiger charge is -2.32. The predicted octanol–water partition coefficient (Wildman–Crippen LogP) is 4.01. The average molecular weight is 552 g/mol. The van der Waals surface area contributed by atoms with Crippen LogP contribution in [-0.2, 0) is 10.0 Å². The quantitative estimate of drug-likeness (QED) is 0.390. The van der Waals surface area contributed by atoms with E-state index >= 15 is 0 Å². The lowest BCUT2D eigenvalue weighted by molar-refractivity contribution is -0.275. The molecule has 1 aromatic heterocycles. The summed E-state index contributed by atoms with van der Waals surface area (Å²) < 4.78 is 69.9. The number of pyridine rings is 1. The van der Waals surface area contributed by atoms with Gasteiger partial charge in [-0.15, -0.1) is 13.2 Å². The summed E-state index contributed by atoms with van der Waals surface area (Å²) in [6.07, 6.45) is -4.07. The number of benzene rings is 2. The van der Waals surface area contributed by atoms with Crippen LogP contribution in [0.2, 0.25) is 0 Å². The van der Waals surface area contributed by atoms with Crippen LogP contribution in [-0.4, -0.2) is 62.9 Å². The number of rotatable bonds is 8. The zero-order valence-electron chi connectivity index (χ0n) is 20.6. The first kappa shape index (κ1) is 27.6. The third-order valence-corrected chi connectivity index (χ3v) is 7.64. The maximum absolute atomic E-state index is 12.8. The van der Waals surface area contributed by atoms with Crippen LogP contribution in [0, 0.1) is 6.92 Å². The second-order valence-electron chi connectivity index (χ2n) is 8.94. The summed E-state index contributed by atoms with van der Waals surface area (Å²) in [5.41, 5.74) is 2.24. The van der Waals surface area contributed by atoms with Crippen molar-refractivity contribution < 1.29 is 31.1 Å². The van der Waals surface area contributed by atoms with Crippen LogP contribution in [0.3, 0.4) is 0 Å². The van der Waals surface area contributed by atoms with Crippen molar-refractivity contribution in [2.24, 2.45) is 0 Å². The molecule has 3 N–H and O–H groups in total. The molecule has 1 saturated heterocycles. The Balaban J connectivity index is 1.24. The first-order chi connectivity index (χ1) is 18.0. The van der Waals surface area contributed by atoms with E-state index in [1.807, 2.05) is 31.2 Å². The molecule has 3 aromatic rings. The van der Waals surface area contributed by atoms with Crippen molar-refractivity contribution in [2.75, 3.05) is 31.5 Å². The van der Waals surface area contributed by atoms with E-state index in [1.54, 1.807) is 6.07 Å². The highest BCUT2D eigenvalue weighted by Crippen LogP contribution is 2.30. The fraction of sp³-hybridized carbons (Fsp3) is 0.360. The number of likely N-dealkylation sites (tertiary alicyclic amines) is 1. The van der Waals surface area contributed by atoms with E-state index in [9.17, 15) is 26.4 Å². The molecule has 0 radical (unpaired) electrons. The SMILES string of the molecule is Cc1cc(NC(=O)NCCN2CCC(NS(=O)(=O)c3ccccc3OC(F)(F)F)CC2)c2ccccc2n1. The topological polar surface area (TPSA) is 113 Å². The van der Waals surface area contributed by atoms with Crippen LogP contribution in [0.4, 0.5) is 23.7 Å². The second-order valence-corrected chi connectivity index (χ2v) is 10.6. The number of amides is 2. The van der Waals surface area contributed by atoms with E-state index in [0.29, 0.717) is 44.7 Å². The highest BCUT2D eigenvalue weighted by atomic mass is 32.2. The standard InChI is InChI=1S/C25H28F3N5O4S/c1-17-16-21(19-6-2-3-7-20(19)30-17)31-24(34)29-12-15-33-13-10-18(11-14-33)32-38(35,36)23-9-5-4-8-22(23)37-25(26,27)28/h2-9,16,18,32H,10-15H2,1H3,(H2,29,30,31,34). The van der Waals surface area contributed by atoms with Crippen LogP contribution in [0.5, 0.6) is 5.75 Å². The number of hydrogen-bond acceptors (Lipinski definition) is 6. The highest BCUT2D eigenvalue weighted by Gasteiger charge is 2.34. The molecule has 4 rings (SSSR count). The molecule has 9 nitrogen and oxygen atoms in total. The molecule has 38 heavy (non-hydrogen) atoms. The van der Waals surface area contributed by atoms with E-state index in [4.69, 9.17) is 0 Å². The molecule has 1 fully saturated rings. The van der Waals surface area contributed by atoms with Gasteiger partial charge in [-0.2, -0.15) is 0 Å². The molecule has 2 amide bonds. The van der Waals surface area contributed by atoms with Crippen molar-refractivity contribution in [1.29, 1.82) is 0 Å². The fourth-order valence-electron chi connectivity index (χ4n) is 4.34. The molecule has 2 heterocycles. The van der Waals surface area contributed by atoms with Crippen LogP contribution >= 0.6 is 0 Å². The summed E-state index contributed by atoms with van der Waals surface area (Å²) in [5, 5.41) is 6.53. The smallest absolute Gasteiger partial charge is 0.404 e. The Morgan fingerprint density at radius 3 is 2.53 bits per heavy atom. The van der Waals surface area contributed by atoms with E-state index in [2.05, 4.69) is 30.0 Å². The van der Waals surface area contributed by atoms with Gasteiger partial charge in [0, 0.05) is 30.2 Å². The van der Waals surface area contributed by atoms with Gasteiger partial charge in [0.25, 0.3) is 0 Å². The number of hydrogen-bond donors (Lipinski definition) is 3. The number of aromatic nitrogens is 1. The highest BCUT2D eigenvalue weighted by molar-refractivity contribution is 7.89. The lowest BCUT2D eigenvalue weighted by Crippen LogP contribution is -2.46. The van der Waals surface area contributed by atoms with Gasteiger partial charge in [0.05, 0.1) is 11.2 Å². The van der Waals surface area contributed by atoms with Crippen LogP contribution in [0.25, 0.3) is 10.9 Å². The van der Waals surface area contributed by atoms with Crippen molar-refractivity contribution in [3.63, 3.8) is 0 Å². The maximum atomic E-state index is 12.8. The number of anilines is 1. The lowest BCUT2D eigenvalue weighted by atomic mass is 10.1. The number of carbonyl (C=O) groups is 1. The minimum atomic E-state index is -5.01. The number of fused-ring (bicyclic) bond motifs is 1. The average Bonchev–Trinajstić information content (AvgIpc) is 2.84. The Labute approximate surface area is 218 Å². The van der Waals surface area contributed by atoms with E-state index < -0.39 is 33.1 Å². The summed E-state index contributed by atoms with van der Waals surface area (Å²) in [5.74, 6) is -0.774. The first-order valence-electron chi connectivity index (χ1n) is 12.0. The van der Waals surface area contributed by atoms with Gasteiger partial charge in [0.2, 0.25) is 10.0 Å². The zero-order valence-corrected chi connectivity index (χ0v) is 21.4. The number of aryl methyl sites for hydroxylation is 1. The molecule has 0 bridgehead atoms. The minimum Gasteiger partial charge on any atom is -0.404 e. The van der Waals surface area contributed by atoms with Crippen molar-refractivity contribution in [3.8, 4) is 5.75 Å². The Hall–Kier alpha value is -3.42. The number of ether oxygens (including phenoxy) is 1. The summed E-state index contributed by atoms with van der Waals surface area (Å²) in [6.45, 7) is 3.92. The van der Waals surface area contributed by atoms with Crippen LogP contribution in [0.1, 0.15) is 18.5 Å². The predicted molar refractivity (Wildman–Crippen MR) is 136 cm³/mol. The number of nitrogens with one attached hydrogen (secondary N) is 3. The maximum Gasteiger partial charge on any atom is 0.573 e. The second kappa shape index (κ2) is 11.5. The summed E-state index contributed by atoms with van der Waals surface area (Å²) in [4.78, 5) is 18.4. The number of para-hydroxylation sites is 2. The van der Waals surface area contributed by atoms with Gasteiger partial charge in [-0.1, -0.05) is 30.3 Å². The fourth-order valence-corrected chi connectivity index (χ4v) is 5.78. The molecule has 0 unspecified atom stereocenters. The molecule has 0 saturated carbocycles. The van der Waals surface area contributed by atoms with Crippen molar-refractivity contribution >= 4 is 32.6 Å². The summed E-state index contributed by atoms with van der Waals surface area (Å²) in [6, 6.07) is 13.2. The number of sulfonamides is 1. The van der Waals surface area contributed by atoms with E-state index in [-0.39, 0.29) is 6.03 Å². The number of piperidine rings is 1. The molecule has 0 atom stereocenters. The first-order valence-corrected chi connectivity index (χ1v) is 13.5. The molecule has 204 valence electrons. The van der Waals surface area contributed by atoms with Crippen LogP contribution in [0.15, 0.2) is 59.5 Å². The molecule has 13 heteroatoms. The molecule has 1 aliphatic heterocycles. The van der Waals surface area contributed by atoms with Gasteiger partial charge in [-0.25, -0.2) is 17.9 Å². The Bertz CT molecular complexity index is 1390. The third kappa shape index (κ3) is 7.33. The molecule has 0 spiro atoms. The summed E-state index contributed by atoms with van der Waals surface area (Å²) in [7, 11) is -4.22. The molecular formula is C25H28F3N5O4S. The third-order valence-electron chi connectivity index (χ3n) is 6.08. The van der Waals surface area contributed by atoms with Gasteiger partial charge < -0.3 is 20.3 Å². The Kier molecular flexibility index (Phi) is 8.38. The van der Waals surface area contributed by atoms with Crippen molar-refractivity contribution in [1.82, 2.24) is 19.9 Å². The minimum absolute atomic E-state index is 0.344. The van der Waals surface area contributed by atoms with Gasteiger partial charge in [-0.3, -0.25) is 4.98 Å². The molecule has 1 aliphatic rings. The van der Waals surface area contributed by atoms with Gasteiger partial charge in [0.15, 0.2) is 0 Å². The number of halogens is 3. The van der Waals surface area contributed by atoms with E-state index in [1.165, 1.54) is 12.1 Å². The van der Waals surface area contributed by atoms with Gasteiger partial charge >= 0.3 is 12.4 Å². The molecular weight excluding hydrogens is 523 g/mol. The summed E-state index contributed by atoms with van der Waals surface area (Å²) >= 11 is 0. The zero-order chi connectivity index (χ0) is 27.3. The molecule has 0 aliphatic carbocycles. The Morgan fingerprint density at radius 2 is 1.79 bits per heavy atom. The van der Waals surface area contributed by atoms with Crippen molar-refractivity contribution in [2.45, 2.75) is 37.1 Å². The normalized spacial score (nSPS) is 15.4. The van der Waals surface area contributed by atoms with Crippen LogP contribution < -0.4 is 20.1 Å². The number of alkyl halides is 3. The number of nitrogens with zero attached hydrogens (tertiary/aromatic N) is 2. The van der Waals surface area contributed by atoms with Crippen molar-refractivity contribution in [3.05, 3.63) is 60.3 Å². The number of urea groups is 1. The largest absolute Gasteiger partial charge is 0.573 e. The monoisotopic (exact) mass is 551 g/mol. The Morgan fingerprint density at radius 1 is 1.11 bits per heavy atom. The molecule has 2 aromatic carbocycles. The van der Waals surface area contributed by atoms with E-state index in [0.717, 1.165) is 28.7 Å². The van der Waals surface area contributed by atoms with Gasteiger partial charge in [0.1, 0.15) is 10.6 Å².